The second-order valence-corrected chi connectivity index (χ2v) is 6.25. The molecule has 0 spiro atoms. The minimum Gasteiger partial charge on any atom is -0.497 e. The van der Waals surface area contributed by atoms with Crippen molar-refractivity contribution in [3.63, 3.8) is 0 Å². The first-order valence-corrected chi connectivity index (χ1v) is 8.77. The zero-order valence-corrected chi connectivity index (χ0v) is 15.0. The number of nitrogens with one attached hydrogen (secondary N) is 1. The number of hydrogen-bond acceptors (Lipinski definition) is 7. The van der Waals surface area contributed by atoms with Crippen LogP contribution in [0, 0.1) is 0 Å². The number of thioether (sulfide) groups is 1. The molecular weight excluding hydrogens is 370 g/mol. The normalized spacial score (nSPS) is 10.4. The lowest BCUT2D eigenvalue weighted by atomic mass is 10.2. The first-order chi connectivity index (χ1) is 13.0. The molecule has 27 heavy (non-hydrogen) atoms. The minimum absolute atomic E-state index is 0.0432. The molecule has 1 heterocycles. The zero-order valence-electron chi connectivity index (χ0n) is 14.2. The molecule has 1 aromatic heterocycles. The molecule has 3 aromatic rings. The summed E-state index contributed by atoms with van der Waals surface area (Å²) in [6, 6.07) is 13.2. The van der Waals surface area contributed by atoms with Gasteiger partial charge in [-0.15, -0.1) is 10.2 Å². The first kappa shape index (κ1) is 18.5. The number of rotatable bonds is 7. The molecule has 0 bridgehead atoms. The third-order valence-electron chi connectivity index (χ3n) is 3.46. The molecule has 0 atom stereocenters. The lowest BCUT2D eigenvalue weighted by molar-refractivity contribution is -0.113. The van der Waals surface area contributed by atoms with Crippen molar-refractivity contribution < 1.29 is 23.8 Å². The van der Waals surface area contributed by atoms with E-state index >= 15 is 0 Å². The van der Waals surface area contributed by atoms with Crippen molar-refractivity contribution in [1.82, 2.24) is 10.2 Å². The van der Waals surface area contributed by atoms with E-state index in [0.717, 1.165) is 23.1 Å². The van der Waals surface area contributed by atoms with Crippen molar-refractivity contribution in [2.45, 2.75) is 5.22 Å². The monoisotopic (exact) mass is 385 g/mol. The lowest BCUT2D eigenvalue weighted by Crippen LogP contribution is -2.14. The Morgan fingerprint density at radius 3 is 2.67 bits per heavy atom. The number of carboxylic acid groups (broad SMARTS) is 1. The predicted octanol–water partition coefficient (Wildman–Crippen LogP) is 3.17. The van der Waals surface area contributed by atoms with Crippen LogP contribution in [0.5, 0.6) is 5.75 Å². The average molecular weight is 385 g/mol. The summed E-state index contributed by atoms with van der Waals surface area (Å²) in [7, 11) is 1.58. The Bertz CT molecular complexity index is 956. The van der Waals surface area contributed by atoms with E-state index in [1.807, 2.05) is 0 Å². The maximum Gasteiger partial charge on any atom is 0.335 e. The molecule has 0 radical (unpaired) electrons. The smallest absolute Gasteiger partial charge is 0.335 e. The maximum absolute atomic E-state index is 12.0. The van der Waals surface area contributed by atoms with Crippen molar-refractivity contribution >= 4 is 29.3 Å². The molecule has 0 fully saturated rings. The summed E-state index contributed by atoms with van der Waals surface area (Å²) >= 11 is 1.09. The van der Waals surface area contributed by atoms with E-state index in [1.54, 1.807) is 43.5 Å². The van der Waals surface area contributed by atoms with E-state index in [9.17, 15) is 9.59 Å². The summed E-state index contributed by atoms with van der Waals surface area (Å²) in [6.07, 6.45) is 0. The van der Waals surface area contributed by atoms with Crippen LogP contribution in [0.2, 0.25) is 0 Å². The van der Waals surface area contributed by atoms with Crippen molar-refractivity contribution in [2.24, 2.45) is 0 Å². The van der Waals surface area contributed by atoms with Gasteiger partial charge in [0.2, 0.25) is 11.8 Å². The highest BCUT2D eigenvalue weighted by atomic mass is 32.2. The molecule has 2 aromatic carbocycles. The van der Waals surface area contributed by atoms with Crippen molar-refractivity contribution in [1.29, 1.82) is 0 Å². The lowest BCUT2D eigenvalue weighted by Gasteiger charge is -2.04. The number of carboxylic acids is 1. The molecular formula is C18H15N3O5S. The zero-order chi connectivity index (χ0) is 19.2. The molecule has 0 saturated heterocycles. The SMILES string of the molecule is COc1ccc(-c2nnc(SCC(=O)Nc3cccc(C(=O)O)c3)o2)cc1. The Hall–Kier alpha value is -3.33. The fourth-order valence-electron chi connectivity index (χ4n) is 2.17. The number of nitrogens with zero attached hydrogens (tertiary/aromatic N) is 2. The van der Waals surface area contributed by atoms with Crippen LogP contribution in [0.3, 0.4) is 0 Å². The van der Waals surface area contributed by atoms with Crippen LogP contribution < -0.4 is 10.1 Å². The van der Waals surface area contributed by atoms with Crippen LogP contribution in [0.25, 0.3) is 11.5 Å². The summed E-state index contributed by atoms with van der Waals surface area (Å²) in [6.45, 7) is 0. The quantitative estimate of drug-likeness (QED) is 0.596. The fraction of sp³-hybridized carbons (Fsp3) is 0.111. The Balaban J connectivity index is 1.57. The highest BCUT2D eigenvalue weighted by Gasteiger charge is 2.12. The Morgan fingerprint density at radius 2 is 1.96 bits per heavy atom. The number of carbonyl (C=O) groups is 2. The van der Waals surface area contributed by atoms with Gasteiger partial charge in [-0.1, -0.05) is 17.8 Å². The van der Waals surface area contributed by atoms with Crippen LogP contribution in [-0.2, 0) is 4.79 Å². The van der Waals surface area contributed by atoms with Crippen LogP contribution in [0.4, 0.5) is 5.69 Å². The third-order valence-corrected chi connectivity index (χ3v) is 4.28. The standard InChI is InChI=1S/C18H15N3O5S/c1-25-14-7-5-11(6-8-14)16-20-21-18(26-16)27-10-15(22)19-13-4-2-3-12(9-13)17(23)24/h2-9H,10H2,1H3,(H,19,22)(H,23,24). The van der Waals surface area contributed by atoms with Gasteiger partial charge in [-0.3, -0.25) is 4.79 Å². The van der Waals surface area contributed by atoms with Crippen LogP contribution in [0.15, 0.2) is 58.2 Å². The summed E-state index contributed by atoms with van der Waals surface area (Å²) in [5.74, 6) is -0.267. The third kappa shape index (κ3) is 4.85. The van der Waals surface area contributed by atoms with Gasteiger partial charge in [0.1, 0.15) is 5.75 Å². The number of aromatic carboxylic acids is 1. The molecule has 138 valence electrons. The highest BCUT2D eigenvalue weighted by molar-refractivity contribution is 7.99. The fourth-order valence-corrected chi connectivity index (χ4v) is 2.74. The van der Waals surface area contributed by atoms with Crippen LogP contribution >= 0.6 is 11.8 Å². The molecule has 1 amide bonds. The number of methoxy groups -OCH3 is 1. The number of benzene rings is 2. The van der Waals surface area contributed by atoms with E-state index < -0.39 is 5.97 Å². The molecule has 0 unspecified atom stereocenters. The Morgan fingerprint density at radius 1 is 1.19 bits per heavy atom. The van der Waals surface area contributed by atoms with Gasteiger partial charge >= 0.3 is 5.97 Å². The van der Waals surface area contributed by atoms with Crippen molar-refractivity contribution in [3.05, 3.63) is 54.1 Å². The van der Waals surface area contributed by atoms with E-state index in [4.69, 9.17) is 14.3 Å². The van der Waals surface area contributed by atoms with E-state index in [1.165, 1.54) is 12.1 Å². The van der Waals surface area contributed by atoms with Gasteiger partial charge in [0.05, 0.1) is 18.4 Å². The van der Waals surface area contributed by atoms with Gasteiger partial charge in [0, 0.05) is 11.3 Å². The van der Waals surface area contributed by atoms with Crippen molar-refractivity contribution in [2.75, 3.05) is 18.2 Å². The molecule has 0 aliphatic heterocycles. The minimum atomic E-state index is -1.06. The number of amides is 1. The van der Waals surface area contributed by atoms with E-state index in [-0.39, 0.29) is 22.4 Å². The maximum atomic E-state index is 12.0. The molecule has 8 nitrogen and oxygen atoms in total. The van der Waals surface area contributed by atoms with E-state index in [2.05, 4.69) is 15.5 Å². The van der Waals surface area contributed by atoms with Crippen LogP contribution in [0.1, 0.15) is 10.4 Å². The molecule has 2 N–H and O–H groups in total. The van der Waals surface area contributed by atoms with Gasteiger partial charge in [0.15, 0.2) is 0 Å². The first-order valence-electron chi connectivity index (χ1n) is 7.79. The second-order valence-electron chi connectivity index (χ2n) is 5.32. The molecule has 9 heteroatoms. The molecule has 0 aliphatic rings. The van der Waals surface area contributed by atoms with Gasteiger partial charge in [-0.2, -0.15) is 0 Å². The number of carbonyl (C=O) groups excluding carboxylic acids is 1. The van der Waals surface area contributed by atoms with Crippen molar-refractivity contribution in [3.8, 4) is 17.2 Å². The van der Waals surface area contributed by atoms with Gasteiger partial charge in [0.25, 0.3) is 5.22 Å². The summed E-state index contributed by atoms with van der Waals surface area (Å²) in [4.78, 5) is 23.0. The number of ether oxygens (including phenoxy) is 1. The summed E-state index contributed by atoms with van der Waals surface area (Å²) < 4.78 is 10.6. The summed E-state index contributed by atoms with van der Waals surface area (Å²) in [5, 5.41) is 19.7. The van der Waals surface area contributed by atoms with Crippen LogP contribution in [-0.4, -0.2) is 40.0 Å². The topological polar surface area (TPSA) is 115 Å². The average Bonchev–Trinajstić information content (AvgIpc) is 3.16. The Labute approximate surface area is 158 Å². The Kier molecular flexibility index (Phi) is 5.72. The van der Waals surface area contributed by atoms with Gasteiger partial charge in [-0.25, -0.2) is 4.79 Å². The largest absolute Gasteiger partial charge is 0.497 e. The number of aromatic nitrogens is 2. The van der Waals surface area contributed by atoms with Gasteiger partial charge < -0.3 is 19.6 Å². The van der Waals surface area contributed by atoms with E-state index in [0.29, 0.717) is 11.6 Å². The molecule has 0 saturated carbocycles. The predicted molar refractivity (Wildman–Crippen MR) is 99.0 cm³/mol. The van der Waals surface area contributed by atoms with Gasteiger partial charge in [-0.05, 0) is 42.5 Å². The number of anilines is 1. The molecule has 0 aliphatic carbocycles. The highest BCUT2D eigenvalue weighted by Crippen LogP contribution is 2.25. The molecule has 3 rings (SSSR count). The second kappa shape index (κ2) is 8.37. The number of hydrogen-bond donors (Lipinski definition) is 2. The summed E-state index contributed by atoms with van der Waals surface area (Å²) in [5.41, 5.74) is 1.25.